The van der Waals surface area contributed by atoms with E-state index in [1.807, 2.05) is 9.47 Å². The molecular formula is C42H52FN9O7S. The van der Waals surface area contributed by atoms with Crippen molar-refractivity contribution in [1.29, 1.82) is 0 Å². The maximum Gasteiger partial charge on any atom is 0.262 e. The predicted octanol–water partition coefficient (Wildman–Crippen LogP) is 3.28. The Labute approximate surface area is 347 Å². The number of anilines is 2. The molecule has 6 aliphatic rings. The standard InChI is InChI=1S/C42H52FN9O7S/c1-25-3-2-4-33(25)51-37(54)8-5-27-23-44-42(47-38(27)51)45-28-11-19-50(20-12-28)60(58,59)29-13-15-48(16-14-29)24-26-9-17-49(18-10-26)35-22-31-30(21-32(35)43)40(56)52(41(31)57)34-6-7-36(53)46-39(34)55/h5,8,21-23,25-26,28-29,33-34H,2-4,6-7,9-20,24H2,1H3,(H,44,45,47)(H,46,53,55). The summed E-state index contributed by atoms with van der Waals surface area (Å²) < 4.78 is 46.6. The van der Waals surface area contributed by atoms with Crippen molar-refractivity contribution in [3.05, 3.63) is 57.8 Å². The number of piperidine rings is 4. The summed E-state index contributed by atoms with van der Waals surface area (Å²) in [7, 11) is -3.47. The number of hydrogen-bond donors (Lipinski definition) is 2. The Bertz CT molecular complexity index is 2390. The van der Waals surface area contributed by atoms with E-state index in [1.165, 1.54) is 6.07 Å². The van der Waals surface area contributed by atoms with Gasteiger partial charge in [-0.25, -0.2) is 22.1 Å². The van der Waals surface area contributed by atoms with Crippen LogP contribution < -0.4 is 21.1 Å². The zero-order valence-corrected chi connectivity index (χ0v) is 34.7. The van der Waals surface area contributed by atoms with Crippen molar-refractivity contribution in [2.75, 3.05) is 56.0 Å². The van der Waals surface area contributed by atoms with Crippen LogP contribution in [0.15, 0.2) is 35.3 Å². The SMILES string of the molecule is CC1CCCC1n1c(=O)ccc2cnc(NC3CCN(S(=O)(=O)C4CCN(CC5CCN(c6cc7c(cc6F)C(=O)N(C6CCC(=O)NC6=O)C7=O)CC5)CC4)CC3)nc21. The highest BCUT2D eigenvalue weighted by atomic mass is 32.2. The monoisotopic (exact) mass is 845 g/mol. The van der Waals surface area contributed by atoms with Gasteiger partial charge in [-0.05, 0) is 101 Å². The van der Waals surface area contributed by atoms with E-state index >= 15 is 4.39 Å². The number of halogens is 1. The van der Waals surface area contributed by atoms with Crippen LogP contribution in [0.4, 0.5) is 16.0 Å². The van der Waals surface area contributed by atoms with Crippen LogP contribution in [0.2, 0.25) is 0 Å². The maximum absolute atomic E-state index is 15.5. The maximum atomic E-state index is 15.5. The molecule has 3 aromatic rings. The van der Waals surface area contributed by atoms with Gasteiger partial charge in [-0.15, -0.1) is 0 Å². The number of carbonyl (C=O) groups is 4. The largest absolute Gasteiger partial charge is 0.369 e. The van der Waals surface area contributed by atoms with E-state index in [0.29, 0.717) is 88.4 Å². The summed E-state index contributed by atoms with van der Waals surface area (Å²) in [6.45, 7) is 6.34. The van der Waals surface area contributed by atoms with E-state index < -0.39 is 50.8 Å². The molecule has 1 aromatic carbocycles. The Morgan fingerprint density at radius 3 is 2.25 bits per heavy atom. The van der Waals surface area contributed by atoms with Gasteiger partial charge in [0, 0.05) is 68.9 Å². The molecule has 0 spiro atoms. The van der Waals surface area contributed by atoms with Crippen LogP contribution in [0.5, 0.6) is 0 Å². The first kappa shape index (κ1) is 40.6. The zero-order chi connectivity index (χ0) is 41.9. The molecule has 5 fully saturated rings. The fourth-order valence-electron chi connectivity index (χ4n) is 10.4. The van der Waals surface area contributed by atoms with Crippen LogP contribution in [0.3, 0.4) is 0 Å². The molecular weight excluding hydrogens is 794 g/mol. The predicted molar refractivity (Wildman–Crippen MR) is 220 cm³/mol. The second-order valence-electron chi connectivity index (χ2n) is 17.6. The molecule has 9 rings (SSSR count). The van der Waals surface area contributed by atoms with Gasteiger partial charge in [-0.1, -0.05) is 13.3 Å². The molecule has 1 saturated carbocycles. The summed E-state index contributed by atoms with van der Waals surface area (Å²) >= 11 is 0. The Kier molecular flexibility index (Phi) is 11.0. The molecule has 60 heavy (non-hydrogen) atoms. The third-order valence-electron chi connectivity index (χ3n) is 13.9. The average Bonchev–Trinajstić information content (AvgIpc) is 3.76. The number of pyridine rings is 1. The van der Waals surface area contributed by atoms with Gasteiger partial charge in [-0.2, -0.15) is 4.98 Å². The van der Waals surface area contributed by atoms with Crippen LogP contribution in [0.1, 0.15) is 104 Å². The number of hydrogen-bond acceptors (Lipinski definition) is 12. The van der Waals surface area contributed by atoms with E-state index in [2.05, 4.69) is 27.4 Å². The number of fused-ring (bicyclic) bond motifs is 2. The number of amides is 4. The highest BCUT2D eigenvalue weighted by Crippen LogP contribution is 2.37. The first-order valence-corrected chi connectivity index (χ1v) is 23.0. The molecule has 3 atom stereocenters. The Hall–Kier alpha value is -4.81. The second-order valence-corrected chi connectivity index (χ2v) is 19.8. The van der Waals surface area contributed by atoms with Gasteiger partial charge in [0.1, 0.15) is 17.5 Å². The summed E-state index contributed by atoms with van der Waals surface area (Å²) in [6.07, 6.45) is 8.88. The smallest absolute Gasteiger partial charge is 0.262 e. The third kappa shape index (κ3) is 7.59. The van der Waals surface area contributed by atoms with Crippen LogP contribution in [0, 0.1) is 17.7 Å². The molecule has 7 heterocycles. The first-order valence-electron chi connectivity index (χ1n) is 21.5. The van der Waals surface area contributed by atoms with Gasteiger partial charge in [0.2, 0.25) is 27.8 Å². The van der Waals surface area contributed by atoms with E-state index in [4.69, 9.17) is 4.98 Å². The van der Waals surface area contributed by atoms with Crippen LogP contribution in [-0.2, 0) is 19.6 Å². The lowest BCUT2D eigenvalue weighted by atomic mass is 9.94. The number of benzene rings is 1. The number of imide groups is 2. The summed E-state index contributed by atoms with van der Waals surface area (Å²) in [4.78, 5) is 77.9. The van der Waals surface area contributed by atoms with Crippen molar-refractivity contribution in [1.82, 2.24) is 34.0 Å². The summed E-state index contributed by atoms with van der Waals surface area (Å²) in [5.74, 6) is -1.99. The fraction of sp³-hybridized carbons (Fsp3) is 0.595. The number of aromatic nitrogens is 3. The molecule has 18 heteroatoms. The number of nitrogens with zero attached hydrogens (tertiary/aromatic N) is 7. The Balaban J connectivity index is 0.743. The van der Waals surface area contributed by atoms with Crippen LogP contribution >= 0.6 is 0 Å². The van der Waals surface area contributed by atoms with E-state index in [0.717, 1.165) is 55.0 Å². The normalized spacial score (nSPS) is 25.7. The van der Waals surface area contributed by atoms with Crippen LogP contribution in [-0.4, -0.2) is 124 Å². The molecule has 2 N–H and O–H groups in total. The zero-order valence-electron chi connectivity index (χ0n) is 33.9. The lowest BCUT2D eigenvalue weighted by Gasteiger charge is -2.40. The van der Waals surface area contributed by atoms with Crippen molar-refractivity contribution in [3.8, 4) is 0 Å². The van der Waals surface area contributed by atoms with Gasteiger partial charge in [0.15, 0.2) is 0 Å². The van der Waals surface area contributed by atoms with Gasteiger partial charge in [0.25, 0.3) is 17.4 Å². The van der Waals surface area contributed by atoms with Gasteiger partial charge in [0.05, 0.1) is 22.1 Å². The lowest BCUT2D eigenvalue weighted by Crippen LogP contribution is -2.54. The number of nitrogens with one attached hydrogen (secondary N) is 2. The van der Waals surface area contributed by atoms with Crippen molar-refractivity contribution < 1.29 is 32.0 Å². The van der Waals surface area contributed by atoms with Crippen LogP contribution in [0.25, 0.3) is 11.0 Å². The quantitative estimate of drug-likeness (QED) is 0.300. The first-order chi connectivity index (χ1) is 28.8. The number of likely N-dealkylation sites (tertiary alicyclic amines) is 1. The molecule has 3 unspecified atom stereocenters. The van der Waals surface area contributed by atoms with E-state index in [-0.39, 0.29) is 47.3 Å². The Morgan fingerprint density at radius 2 is 1.57 bits per heavy atom. The summed E-state index contributed by atoms with van der Waals surface area (Å²) in [6, 6.07) is 4.88. The lowest BCUT2D eigenvalue weighted by molar-refractivity contribution is -0.136. The van der Waals surface area contributed by atoms with Crippen molar-refractivity contribution in [2.45, 2.75) is 101 Å². The minimum absolute atomic E-state index is 0.00524. The van der Waals surface area contributed by atoms with Gasteiger partial charge in [-0.3, -0.25) is 38.8 Å². The van der Waals surface area contributed by atoms with Crippen molar-refractivity contribution >= 4 is 56.3 Å². The third-order valence-corrected chi connectivity index (χ3v) is 16.3. The topological polar surface area (TPSA) is 187 Å². The van der Waals surface area contributed by atoms with Crippen molar-refractivity contribution in [3.63, 3.8) is 0 Å². The van der Waals surface area contributed by atoms with Gasteiger partial charge >= 0.3 is 0 Å². The molecule has 4 amide bonds. The molecule has 4 saturated heterocycles. The number of sulfonamides is 1. The van der Waals surface area contributed by atoms with E-state index in [9.17, 15) is 32.4 Å². The molecule has 0 bridgehead atoms. The molecule has 320 valence electrons. The molecule has 0 radical (unpaired) electrons. The Morgan fingerprint density at radius 1 is 0.850 bits per heavy atom. The average molecular weight is 846 g/mol. The van der Waals surface area contributed by atoms with E-state index in [1.54, 1.807) is 22.6 Å². The summed E-state index contributed by atoms with van der Waals surface area (Å²) in [5.41, 5.74) is 0.809. The highest BCUT2D eigenvalue weighted by Gasteiger charge is 2.46. The highest BCUT2D eigenvalue weighted by molar-refractivity contribution is 7.89. The van der Waals surface area contributed by atoms with Crippen molar-refractivity contribution in [2.24, 2.45) is 11.8 Å². The fourth-order valence-corrected chi connectivity index (χ4v) is 12.4. The number of carbonyl (C=O) groups excluding carboxylic acids is 4. The molecule has 1 aliphatic carbocycles. The summed E-state index contributed by atoms with van der Waals surface area (Å²) in [5, 5.41) is 5.99. The molecule has 5 aliphatic heterocycles. The minimum atomic E-state index is -3.47. The second kappa shape index (κ2) is 16.2. The molecule has 16 nitrogen and oxygen atoms in total. The molecule has 2 aromatic heterocycles. The van der Waals surface area contributed by atoms with Gasteiger partial charge < -0.3 is 15.1 Å². The minimum Gasteiger partial charge on any atom is -0.369 e. The number of rotatable bonds is 9.